The van der Waals surface area contributed by atoms with Gasteiger partial charge in [-0.25, -0.2) is 4.98 Å². The Morgan fingerprint density at radius 3 is 2.58 bits per heavy atom. The predicted molar refractivity (Wildman–Crippen MR) is 134 cm³/mol. The third kappa shape index (κ3) is 4.36. The van der Waals surface area contributed by atoms with Gasteiger partial charge in [0.15, 0.2) is 5.76 Å². The first-order chi connectivity index (χ1) is 17.5. The smallest absolute Gasteiger partial charge is 0.295 e. The Hall–Kier alpha value is -3.69. The number of fused-ring (bicyclic) bond motifs is 1. The van der Waals surface area contributed by atoms with Crippen molar-refractivity contribution >= 4 is 23.1 Å². The number of ether oxygens (including phenoxy) is 2. The van der Waals surface area contributed by atoms with E-state index in [0.29, 0.717) is 49.0 Å². The number of morpholine rings is 1. The van der Waals surface area contributed by atoms with Gasteiger partial charge in [-0.15, -0.1) is 0 Å². The molecule has 0 radical (unpaired) electrons. The monoisotopic (exact) mass is 490 g/mol. The van der Waals surface area contributed by atoms with Crippen LogP contribution in [0.1, 0.15) is 29.4 Å². The van der Waals surface area contributed by atoms with Crippen LogP contribution in [0, 0.1) is 6.92 Å². The van der Waals surface area contributed by atoms with Crippen molar-refractivity contribution in [1.29, 1.82) is 0 Å². The molecule has 4 heterocycles. The van der Waals surface area contributed by atoms with Crippen molar-refractivity contribution in [3.8, 4) is 5.75 Å². The number of aryl methyl sites for hydroxylation is 1. The summed E-state index contributed by atoms with van der Waals surface area (Å²) in [6.07, 6.45) is 2.49. The molecule has 1 aromatic carbocycles. The van der Waals surface area contributed by atoms with Gasteiger partial charge in [0.1, 0.15) is 17.1 Å². The number of methoxy groups -OCH3 is 1. The Labute approximate surface area is 209 Å². The maximum atomic E-state index is 13.4. The average Bonchev–Trinajstić information content (AvgIpc) is 3.37. The first kappa shape index (κ1) is 24.0. The molecule has 2 aliphatic heterocycles. The van der Waals surface area contributed by atoms with Gasteiger partial charge in [0.25, 0.3) is 11.7 Å². The van der Waals surface area contributed by atoms with Gasteiger partial charge in [0, 0.05) is 32.4 Å². The second kappa shape index (κ2) is 10.1. The van der Waals surface area contributed by atoms with Gasteiger partial charge in [0.05, 0.1) is 37.6 Å². The van der Waals surface area contributed by atoms with Crippen LogP contribution in [0.2, 0.25) is 0 Å². The summed E-state index contributed by atoms with van der Waals surface area (Å²) in [5.74, 6) is -0.850. The lowest BCUT2D eigenvalue weighted by Gasteiger charge is -2.29. The summed E-state index contributed by atoms with van der Waals surface area (Å²) in [6.45, 7) is 6.09. The summed E-state index contributed by atoms with van der Waals surface area (Å²) >= 11 is 0. The van der Waals surface area contributed by atoms with Crippen molar-refractivity contribution in [3.05, 3.63) is 71.2 Å². The molecule has 2 aliphatic rings. The molecule has 188 valence electrons. The van der Waals surface area contributed by atoms with Crippen molar-refractivity contribution in [1.82, 2.24) is 19.2 Å². The molecule has 1 N–H and O–H groups in total. The number of amides is 1. The van der Waals surface area contributed by atoms with Crippen LogP contribution >= 0.6 is 0 Å². The Balaban J connectivity index is 1.55. The van der Waals surface area contributed by atoms with E-state index in [1.165, 1.54) is 0 Å². The van der Waals surface area contributed by atoms with Crippen molar-refractivity contribution in [2.75, 3.05) is 46.5 Å². The standard InChI is InChI=1S/C27H30N4O5/c1-18-23(30-12-4-3-6-21(30)28-18)25(32)22-24(19-7-9-20(35-2)10-8-19)31(27(34)26(22)33)13-5-11-29-14-16-36-17-15-29/h3-4,6-10,12,24,32H,5,11,13-17H2,1-2H3/t24-/m0/s1. The number of aliphatic hydroxyl groups is 1. The van der Waals surface area contributed by atoms with Crippen LogP contribution in [-0.4, -0.2) is 82.5 Å². The second-order valence-corrected chi connectivity index (χ2v) is 9.05. The number of hydrogen-bond donors (Lipinski definition) is 1. The Morgan fingerprint density at radius 1 is 1.11 bits per heavy atom. The zero-order valence-electron chi connectivity index (χ0n) is 20.5. The van der Waals surface area contributed by atoms with E-state index in [2.05, 4.69) is 9.88 Å². The van der Waals surface area contributed by atoms with Gasteiger partial charge in [-0.1, -0.05) is 18.2 Å². The lowest BCUT2D eigenvalue weighted by Crippen LogP contribution is -2.38. The third-order valence-corrected chi connectivity index (χ3v) is 6.88. The molecule has 2 aromatic heterocycles. The zero-order chi connectivity index (χ0) is 25.2. The van der Waals surface area contributed by atoms with Gasteiger partial charge in [0.2, 0.25) is 0 Å². The molecule has 0 bridgehead atoms. The summed E-state index contributed by atoms with van der Waals surface area (Å²) in [6, 6.07) is 12.1. The molecule has 1 atom stereocenters. The van der Waals surface area contributed by atoms with Crippen LogP contribution < -0.4 is 4.74 Å². The van der Waals surface area contributed by atoms with Crippen LogP contribution in [0.25, 0.3) is 11.4 Å². The van der Waals surface area contributed by atoms with Gasteiger partial charge >= 0.3 is 0 Å². The van der Waals surface area contributed by atoms with E-state index >= 15 is 0 Å². The van der Waals surface area contributed by atoms with Crippen LogP contribution in [0.15, 0.2) is 54.2 Å². The third-order valence-electron chi connectivity index (χ3n) is 6.88. The highest BCUT2D eigenvalue weighted by Crippen LogP contribution is 2.40. The molecule has 0 spiro atoms. The van der Waals surface area contributed by atoms with Gasteiger partial charge in [-0.2, -0.15) is 0 Å². The summed E-state index contributed by atoms with van der Waals surface area (Å²) < 4.78 is 12.4. The molecule has 2 saturated heterocycles. The van der Waals surface area contributed by atoms with Crippen LogP contribution in [0.5, 0.6) is 5.75 Å². The molecule has 0 aliphatic carbocycles. The number of imidazole rings is 1. The van der Waals surface area contributed by atoms with E-state index in [1.54, 1.807) is 41.7 Å². The number of benzene rings is 1. The molecule has 0 unspecified atom stereocenters. The minimum atomic E-state index is -0.714. The van der Waals surface area contributed by atoms with E-state index in [-0.39, 0.29) is 11.3 Å². The van der Waals surface area contributed by atoms with Gasteiger partial charge < -0.3 is 19.5 Å². The number of aromatic nitrogens is 2. The molecule has 36 heavy (non-hydrogen) atoms. The maximum absolute atomic E-state index is 13.4. The molecular weight excluding hydrogens is 460 g/mol. The molecule has 1 amide bonds. The lowest BCUT2D eigenvalue weighted by molar-refractivity contribution is -0.140. The number of Topliss-reactive ketones (excluding diaryl/α,β-unsaturated/α-hetero) is 1. The Morgan fingerprint density at radius 2 is 1.86 bits per heavy atom. The number of carbonyl (C=O) groups is 2. The molecule has 9 nitrogen and oxygen atoms in total. The average molecular weight is 491 g/mol. The Kier molecular flexibility index (Phi) is 6.75. The van der Waals surface area contributed by atoms with Crippen LogP contribution in [0.4, 0.5) is 0 Å². The number of rotatable bonds is 7. The summed E-state index contributed by atoms with van der Waals surface area (Å²) in [7, 11) is 1.58. The van der Waals surface area contributed by atoms with Crippen LogP contribution in [-0.2, 0) is 14.3 Å². The molecular formula is C27H30N4O5. The quantitative estimate of drug-likeness (QED) is 0.309. The van der Waals surface area contributed by atoms with E-state index < -0.39 is 17.7 Å². The highest BCUT2D eigenvalue weighted by atomic mass is 16.5. The number of aliphatic hydroxyl groups excluding tert-OH is 1. The van der Waals surface area contributed by atoms with Crippen molar-refractivity contribution in [2.24, 2.45) is 0 Å². The molecule has 2 fully saturated rings. The number of likely N-dealkylation sites (tertiary alicyclic amines) is 1. The fraction of sp³-hybridized carbons (Fsp3) is 0.370. The minimum Gasteiger partial charge on any atom is -0.505 e. The summed E-state index contributed by atoms with van der Waals surface area (Å²) in [4.78, 5) is 35.0. The van der Waals surface area contributed by atoms with Crippen molar-refractivity contribution in [3.63, 3.8) is 0 Å². The van der Waals surface area contributed by atoms with E-state index in [9.17, 15) is 14.7 Å². The fourth-order valence-corrected chi connectivity index (χ4v) is 5.06. The first-order valence-electron chi connectivity index (χ1n) is 12.2. The molecule has 9 heteroatoms. The second-order valence-electron chi connectivity index (χ2n) is 9.05. The molecule has 5 rings (SSSR count). The highest BCUT2D eigenvalue weighted by molar-refractivity contribution is 6.46. The fourth-order valence-electron chi connectivity index (χ4n) is 5.06. The Bertz CT molecular complexity index is 1310. The van der Waals surface area contributed by atoms with Crippen molar-refractivity contribution < 1.29 is 24.2 Å². The molecule has 0 saturated carbocycles. The largest absolute Gasteiger partial charge is 0.505 e. The highest BCUT2D eigenvalue weighted by Gasteiger charge is 2.46. The number of pyridine rings is 1. The van der Waals surface area contributed by atoms with Crippen molar-refractivity contribution in [2.45, 2.75) is 19.4 Å². The minimum absolute atomic E-state index is 0.0743. The number of carbonyl (C=O) groups excluding carboxylic acids is 2. The lowest BCUT2D eigenvalue weighted by atomic mass is 9.96. The first-order valence-corrected chi connectivity index (χ1v) is 12.2. The maximum Gasteiger partial charge on any atom is 0.295 e. The number of ketones is 1. The van der Waals surface area contributed by atoms with E-state index in [4.69, 9.17) is 9.47 Å². The van der Waals surface area contributed by atoms with Gasteiger partial charge in [-0.05, 0) is 43.2 Å². The molecule has 3 aromatic rings. The zero-order valence-corrected chi connectivity index (χ0v) is 20.5. The van der Waals surface area contributed by atoms with E-state index in [0.717, 1.165) is 25.2 Å². The van der Waals surface area contributed by atoms with E-state index in [1.807, 2.05) is 30.3 Å². The normalized spacial score (nSPS) is 20.4. The predicted octanol–water partition coefficient (Wildman–Crippen LogP) is 2.80. The van der Waals surface area contributed by atoms with Crippen LogP contribution in [0.3, 0.4) is 0 Å². The summed E-state index contributed by atoms with van der Waals surface area (Å²) in [5, 5.41) is 11.5. The number of hydrogen-bond acceptors (Lipinski definition) is 7. The summed E-state index contributed by atoms with van der Waals surface area (Å²) in [5.41, 5.74) is 2.44. The number of nitrogens with zero attached hydrogens (tertiary/aromatic N) is 4. The SMILES string of the molecule is COc1ccc([C@H]2C(=C(O)c3c(C)nc4ccccn34)C(=O)C(=O)N2CCCN2CCOCC2)cc1. The van der Waals surface area contributed by atoms with Gasteiger partial charge in [-0.3, -0.25) is 18.9 Å². The topological polar surface area (TPSA) is 96.6 Å².